The van der Waals surface area contributed by atoms with Gasteiger partial charge in [-0.15, -0.1) is 24.0 Å². The number of nitrogens with one attached hydrogen (secondary N) is 1. The summed E-state index contributed by atoms with van der Waals surface area (Å²) < 4.78 is 36.0. The van der Waals surface area contributed by atoms with Crippen molar-refractivity contribution >= 4 is 29.9 Å². The topological polar surface area (TPSA) is 49.3 Å². The summed E-state index contributed by atoms with van der Waals surface area (Å²) in [5, 5.41) is 3.31. The second kappa shape index (κ2) is 12.5. The summed E-state index contributed by atoms with van der Waals surface area (Å²) in [7, 11) is 1.75. The predicted octanol–water partition coefficient (Wildman–Crippen LogP) is 3.94. The minimum absolute atomic E-state index is 0. The lowest BCUT2D eigenvalue weighted by Gasteiger charge is -2.25. The van der Waals surface area contributed by atoms with Gasteiger partial charge in [-0.25, -0.2) is 0 Å². The van der Waals surface area contributed by atoms with Crippen LogP contribution in [0.5, 0.6) is 11.5 Å². The van der Waals surface area contributed by atoms with Crippen LogP contribution < -0.4 is 14.8 Å². The SMILES string of the molecule is CCCOc1ccc(CNC(=NC)N2CCC(N3CCCC3)C2)c(OC(F)F)c1.I. The summed E-state index contributed by atoms with van der Waals surface area (Å²) in [5.41, 5.74) is 0.644. The van der Waals surface area contributed by atoms with Gasteiger partial charge >= 0.3 is 6.61 Å². The van der Waals surface area contributed by atoms with E-state index in [2.05, 4.69) is 20.1 Å². The molecule has 0 spiro atoms. The Morgan fingerprint density at radius 1 is 1.27 bits per heavy atom. The predicted molar refractivity (Wildman–Crippen MR) is 125 cm³/mol. The van der Waals surface area contributed by atoms with Crippen molar-refractivity contribution in [1.82, 2.24) is 15.1 Å². The lowest BCUT2D eigenvalue weighted by Crippen LogP contribution is -2.42. The number of nitrogens with zero attached hydrogens (tertiary/aromatic N) is 3. The van der Waals surface area contributed by atoms with E-state index in [0.717, 1.165) is 31.9 Å². The van der Waals surface area contributed by atoms with Crippen LogP contribution in [0.3, 0.4) is 0 Å². The fourth-order valence-corrected chi connectivity index (χ4v) is 4.04. The molecule has 2 aliphatic rings. The van der Waals surface area contributed by atoms with Gasteiger partial charge in [0, 0.05) is 44.4 Å². The Hall–Kier alpha value is -1.36. The lowest BCUT2D eigenvalue weighted by molar-refractivity contribution is -0.0505. The normalized spacial score (nSPS) is 19.8. The zero-order valence-corrected chi connectivity index (χ0v) is 20.1. The first-order chi connectivity index (χ1) is 14.1. The second-order valence-corrected chi connectivity index (χ2v) is 7.53. The molecule has 2 saturated heterocycles. The Labute approximate surface area is 195 Å². The van der Waals surface area contributed by atoms with Crippen molar-refractivity contribution in [2.75, 3.05) is 39.8 Å². The largest absolute Gasteiger partial charge is 0.493 e. The third-order valence-electron chi connectivity index (χ3n) is 5.50. The van der Waals surface area contributed by atoms with Crippen LogP contribution in [0.25, 0.3) is 0 Å². The summed E-state index contributed by atoms with van der Waals surface area (Å²) in [6.07, 6.45) is 4.55. The van der Waals surface area contributed by atoms with Gasteiger partial charge in [-0.05, 0) is 50.9 Å². The van der Waals surface area contributed by atoms with E-state index in [0.29, 0.717) is 30.5 Å². The molecule has 0 saturated carbocycles. The van der Waals surface area contributed by atoms with Gasteiger partial charge in [0.05, 0.1) is 6.61 Å². The van der Waals surface area contributed by atoms with Gasteiger partial charge in [0.1, 0.15) is 11.5 Å². The highest BCUT2D eigenvalue weighted by Gasteiger charge is 2.30. The number of ether oxygens (including phenoxy) is 2. The molecule has 1 aromatic rings. The minimum atomic E-state index is -2.88. The number of benzene rings is 1. The fourth-order valence-electron chi connectivity index (χ4n) is 4.04. The first-order valence-corrected chi connectivity index (χ1v) is 10.5. The number of rotatable bonds is 8. The average Bonchev–Trinajstić information content (AvgIpc) is 3.39. The Bertz CT molecular complexity index is 687. The highest BCUT2D eigenvalue weighted by atomic mass is 127. The zero-order valence-electron chi connectivity index (χ0n) is 17.8. The van der Waals surface area contributed by atoms with Crippen molar-refractivity contribution in [1.29, 1.82) is 0 Å². The lowest BCUT2D eigenvalue weighted by atomic mass is 10.2. The molecular weight excluding hydrogens is 505 g/mol. The van der Waals surface area contributed by atoms with Crippen LogP contribution in [0.2, 0.25) is 0 Å². The molecule has 6 nitrogen and oxygen atoms in total. The van der Waals surface area contributed by atoms with Crippen LogP contribution in [0.4, 0.5) is 8.78 Å². The summed E-state index contributed by atoms with van der Waals surface area (Å²) in [6, 6.07) is 5.65. The first-order valence-electron chi connectivity index (χ1n) is 10.5. The number of hydrogen-bond donors (Lipinski definition) is 1. The Morgan fingerprint density at radius 2 is 2.03 bits per heavy atom. The fraction of sp³-hybridized carbons (Fsp3) is 0.667. The van der Waals surface area contributed by atoms with Gasteiger partial charge < -0.3 is 19.7 Å². The van der Waals surface area contributed by atoms with E-state index >= 15 is 0 Å². The van der Waals surface area contributed by atoms with E-state index < -0.39 is 6.61 Å². The highest BCUT2D eigenvalue weighted by molar-refractivity contribution is 14.0. The molecule has 1 unspecified atom stereocenters. The smallest absolute Gasteiger partial charge is 0.387 e. The summed E-state index contributed by atoms with van der Waals surface area (Å²) in [4.78, 5) is 9.21. The maximum Gasteiger partial charge on any atom is 0.387 e. The van der Waals surface area contributed by atoms with Crippen LogP contribution in [-0.2, 0) is 6.54 Å². The van der Waals surface area contributed by atoms with Gasteiger partial charge in [0.2, 0.25) is 0 Å². The van der Waals surface area contributed by atoms with Gasteiger partial charge in [0.15, 0.2) is 5.96 Å². The van der Waals surface area contributed by atoms with E-state index in [-0.39, 0.29) is 29.7 Å². The molecule has 3 rings (SSSR count). The number of aliphatic imine (C=N–C) groups is 1. The zero-order chi connectivity index (χ0) is 20.6. The first kappa shape index (κ1) is 24.9. The van der Waals surface area contributed by atoms with Crippen molar-refractivity contribution in [2.24, 2.45) is 4.99 Å². The number of likely N-dealkylation sites (tertiary alicyclic amines) is 2. The number of halogens is 3. The van der Waals surface area contributed by atoms with Crippen molar-refractivity contribution in [3.8, 4) is 11.5 Å². The third-order valence-corrected chi connectivity index (χ3v) is 5.50. The number of guanidine groups is 1. The molecule has 2 heterocycles. The van der Waals surface area contributed by atoms with Gasteiger partial charge in [-0.3, -0.25) is 9.89 Å². The number of hydrogen-bond acceptors (Lipinski definition) is 4. The monoisotopic (exact) mass is 538 g/mol. The molecule has 170 valence electrons. The maximum atomic E-state index is 12.9. The van der Waals surface area contributed by atoms with Crippen LogP contribution in [0.15, 0.2) is 23.2 Å². The van der Waals surface area contributed by atoms with Crippen LogP contribution in [0.1, 0.15) is 38.2 Å². The van der Waals surface area contributed by atoms with E-state index in [1.54, 1.807) is 19.2 Å². The Balaban J connectivity index is 0.00000320. The molecule has 2 aliphatic heterocycles. The Kier molecular flexibility index (Phi) is 10.4. The average molecular weight is 538 g/mol. The second-order valence-electron chi connectivity index (χ2n) is 7.53. The van der Waals surface area contributed by atoms with Crippen LogP contribution in [-0.4, -0.2) is 68.2 Å². The van der Waals surface area contributed by atoms with E-state index in [4.69, 9.17) is 9.47 Å². The summed E-state index contributed by atoms with van der Waals surface area (Å²) in [5.74, 6) is 1.46. The quantitative estimate of drug-likeness (QED) is 0.309. The summed E-state index contributed by atoms with van der Waals surface area (Å²) in [6.45, 7) is 4.27. The van der Waals surface area contributed by atoms with Crippen molar-refractivity contribution in [3.05, 3.63) is 23.8 Å². The molecule has 0 radical (unpaired) electrons. The van der Waals surface area contributed by atoms with Gasteiger partial charge in [0.25, 0.3) is 0 Å². The number of alkyl halides is 2. The molecule has 2 fully saturated rings. The van der Waals surface area contributed by atoms with E-state index in [1.165, 1.54) is 32.0 Å². The standard InChI is InChI=1S/C21H32F2N4O2.HI/c1-3-12-28-18-7-6-16(19(13-18)29-20(22)23)14-25-21(24-2)27-11-8-17(15-27)26-9-4-5-10-26;/h6-7,13,17,20H,3-5,8-12,14-15H2,1-2H3,(H,24,25);1H. The van der Waals surface area contributed by atoms with Crippen molar-refractivity contribution in [3.63, 3.8) is 0 Å². The minimum Gasteiger partial charge on any atom is -0.493 e. The van der Waals surface area contributed by atoms with E-state index in [1.807, 2.05) is 6.92 Å². The molecule has 0 aliphatic carbocycles. The van der Waals surface area contributed by atoms with Crippen molar-refractivity contribution < 1.29 is 18.3 Å². The van der Waals surface area contributed by atoms with E-state index in [9.17, 15) is 8.78 Å². The summed E-state index contributed by atoms with van der Waals surface area (Å²) >= 11 is 0. The highest BCUT2D eigenvalue weighted by Crippen LogP contribution is 2.27. The van der Waals surface area contributed by atoms with Gasteiger partial charge in [-0.2, -0.15) is 8.78 Å². The third kappa shape index (κ3) is 6.83. The van der Waals surface area contributed by atoms with Crippen LogP contribution >= 0.6 is 24.0 Å². The molecule has 1 atom stereocenters. The molecule has 0 aromatic heterocycles. The van der Waals surface area contributed by atoms with Crippen LogP contribution in [0, 0.1) is 0 Å². The Morgan fingerprint density at radius 3 is 2.70 bits per heavy atom. The molecule has 1 aromatic carbocycles. The van der Waals surface area contributed by atoms with Crippen molar-refractivity contribution in [2.45, 2.75) is 51.8 Å². The molecule has 1 N–H and O–H groups in total. The molecule has 0 amide bonds. The molecule has 0 bridgehead atoms. The maximum absolute atomic E-state index is 12.9. The van der Waals surface area contributed by atoms with Gasteiger partial charge in [-0.1, -0.05) is 6.92 Å². The molecule has 30 heavy (non-hydrogen) atoms. The molecule has 9 heteroatoms. The molecular formula is C21H33F2IN4O2.